The van der Waals surface area contributed by atoms with Gasteiger partial charge in [-0.15, -0.1) is 0 Å². The van der Waals surface area contributed by atoms with E-state index in [9.17, 15) is 0 Å². The molecule has 22 heavy (non-hydrogen) atoms. The average Bonchev–Trinajstić information content (AvgIpc) is 2.59. The summed E-state index contributed by atoms with van der Waals surface area (Å²) in [5.41, 5.74) is 2.61. The van der Waals surface area contributed by atoms with Gasteiger partial charge in [-0.25, -0.2) is 0 Å². The molecule has 0 aliphatic rings. The highest BCUT2D eigenvalue weighted by Gasteiger charge is 2.04. The topological polar surface area (TPSA) is 30.5 Å². The number of ether oxygens (including phenoxy) is 2. The lowest BCUT2D eigenvalue weighted by Gasteiger charge is -2.10. The average molecular weight is 299 g/mol. The van der Waals surface area contributed by atoms with E-state index < -0.39 is 0 Å². The van der Waals surface area contributed by atoms with E-state index in [4.69, 9.17) is 9.47 Å². The molecule has 0 saturated heterocycles. The molecule has 0 saturated carbocycles. The molecule has 118 valence electrons. The van der Waals surface area contributed by atoms with Gasteiger partial charge in [-0.2, -0.15) is 0 Å². The van der Waals surface area contributed by atoms with Crippen LogP contribution in [0.5, 0.6) is 11.5 Å². The Morgan fingerprint density at radius 3 is 2.41 bits per heavy atom. The van der Waals surface area contributed by atoms with Gasteiger partial charge in [0.15, 0.2) is 0 Å². The second kappa shape index (κ2) is 9.11. The van der Waals surface area contributed by atoms with Crippen molar-refractivity contribution < 1.29 is 9.47 Å². The van der Waals surface area contributed by atoms with Crippen LogP contribution in [0.2, 0.25) is 0 Å². The van der Waals surface area contributed by atoms with E-state index in [2.05, 4.69) is 41.7 Å². The summed E-state index contributed by atoms with van der Waals surface area (Å²) in [6, 6.07) is 16.6. The van der Waals surface area contributed by atoms with Crippen LogP contribution in [0.4, 0.5) is 0 Å². The van der Waals surface area contributed by atoms with E-state index in [1.165, 1.54) is 11.1 Å². The molecule has 0 radical (unpaired) electrons. The predicted octanol–water partition coefficient (Wildman–Crippen LogP) is 3.47. The normalized spacial score (nSPS) is 10.5. The third kappa shape index (κ3) is 5.08. The second-order valence-corrected chi connectivity index (χ2v) is 5.27. The third-order valence-corrected chi connectivity index (χ3v) is 3.73. The van der Waals surface area contributed by atoms with Crippen LogP contribution < -0.4 is 14.8 Å². The number of benzene rings is 2. The van der Waals surface area contributed by atoms with E-state index in [0.29, 0.717) is 0 Å². The monoisotopic (exact) mass is 299 g/mol. The van der Waals surface area contributed by atoms with Gasteiger partial charge < -0.3 is 14.8 Å². The molecular formula is C19H25NO2. The fraction of sp³-hybridized carbons (Fsp3) is 0.368. The fourth-order valence-electron chi connectivity index (χ4n) is 2.46. The van der Waals surface area contributed by atoms with Gasteiger partial charge in [0.1, 0.15) is 11.5 Å². The van der Waals surface area contributed by atoms with Crippen molar-refractivity contribution >= 4 is 0 Å². The minimum Gasteiger partial charge on any atom is -0.497 e. The van der Waals surface area contributed by atoms with Crippen LogP contribution in [-0.4, -0.2) is 27.3 Å². The molecule has 2 aromatic carbocycles. The number of methoxy groups -OCH3 is 2. The maximum absolute atomic E-state index is 5.42. The molecule has 0 heterocycles. The van der Waals surface area contributed by atoms with Crippen LogP contribution in [0.1, 0.15) is 17.5 Å². The lowest BCUT2D eigenvalue weighted by Crippen LogP contribution is -2.19. The highest BCUT2D eigenvalue weighted by molar-refractivity contribution is 5.40. The van der Waals surface area contributed by atoms with Crippen LogP contribution in [0.15, 0.2) is 48.5 Å². The number of aryl methyl sites for hydroxylation is 1. The molecule has 3 heteroatoms. The van der Waals surface area contributed by atoms with Crippen LogP contribution in [-0.2, 0) is 12.8 Å². The Bertz CT molecular complexity index is 555. The fourth-order valence-corrected chi connectivity index (χ4v) is 2.46. The van der Waals surface area contributed by atoms with Crippen molar-refractivity contribution in [1.82, 2.24) is 5.32 Å². The number of hydrogen-bond donors (Lipinski definition) is 1. The van der Waals surface area contributed by atoms with E-state index in [0.717, 1.165) is 43.9 Å². The SMILES string of the molecule is COc1ccc(CCCNCCc2ccccc2)c(OC)c1. The minimum atomic E-state index is 0.835. The Morgan fingerprint density at radius 2 is 1.68 bits per heavy atom. The number of rotatable bonds is 9. The van der Waals surface area contributed by atoms with Crippen LogP contribution in [0, 0.1) is 0 Å². The molecule has 0 aromatic heterocycles. The Morgan fingerprint density at radius 1 is 0.864 bits per heavy atom. The molecule has 0 amide bonds. The van der Waals surface area contributed by atoms with E-state index in [1.54, 1.807) is 14.2 Å². The van der Waals surface area contributed by atoms with Crippen molar-refractivity contribution in [2.45, 2.75) is 19.3 Å². The summed E-state index contributed by atoms with van der Waals surface area (Å²) in [7, 11) is 3.38. The molecule has 0 unspecified atom stereocenters. The smallest absolute Gasteiger partial charge is 0.125 e. The third-order valence-electron chi connectivity index (χ3n) is 3.73. The lowest BCUT2D eigenvalue weighted by molar-refractivity contribution is 0.390. The first kappa shape index (κ1) is 16.4. The maximum Gasteiger partial charge on any atom is 0.125 e. The molecule has 0 fully saturated rings. The van der Waals surface area contributed by atoms with E-state index >= 15 is 0 Å². The zero-order chi connectivity index (χ0) is 15.6. The van der Waals surface area contributed by atoms with Crippen molar-refractivity contribution in [2.75, 3.05) is 27.3 Å². The molecular weight excluding hydrogens is 274 g/mol. The molecule has 2 rings (SSSR count). The zero-order valence-corrected chi connectivity index (χ0v) is 13.5. The minimum absolute atomic E-state index is 0.835. The van der Waals surface area contributed by atoms with Crippen LogP contribution in [0.25, 0.3) is 0 Å². The van der Waals surface area contributed by atoms with Gasteiger partial charge in [0.05, 0.1) is 14.2 Å². The van der Waals surface area contributed by atoms with Crippen molar-refractivity contribution in [2.24, 2.45) is 0 Å². The van der Waals surface area contributed by atoms with Crippen molar-refractivity contribution in [3.63, 3.8) is 0 Å². The second-order valence-electron chi connectivity index (χ2n) is 5.27. The van der Waals surface area contributed by atoms with E-state index in [1.807, 2.05) is 12.1 Å². The first-order valence-corrected chi connectivity index (χ1v) is 7.79. The van der Waals surface area contributed by atoms with Crippen molar-refractivity contribution in [1.29, 1.82) is 0 Å². The van der Waals surface area contributed by atoms with Gasteiger partial charge in [-0.1, -0.05) is 36.4 Å². The number of hydrogen-bond acceptors (Lipinski definition) is 3. The summed E-state index contributed by atoms with van der Waals surface area (Å²) in [5, 5.41) is 3.50. The van der Waals surface area contributed by atoms with Gasteiger partial charge in [0.25, 0.3) is 0 Å². The quantitative estimate of drug-likeness (QED) is 0.719. The molecule has 0 atom stereocenters. The van der Waals surface area contributed by atoms with Gasteiger partial charge in [0.2, 0.25) is 0 Å². The maximum atomic E-state index is 5.42. The summed E-state index contributed by atoms with van der Waals surface area (Å²) in [4.78, 5) is 0. The Labute approximate surface area is 133 Å². The van der Waals surface area contributed by atoms with Crippen LogP contribution in [0.3, 0.4) is 0 Å². The molecule has 2 aromatic rings. The van der Waals surface area contributed by atoms with E-state index in [-0.39, 0.29) is 0 Å². The van der Waals surface area contributed by atoms with Gasteiger partial charge >= 0.3 is 0 Å². The molecule has 0 aliphatic heterocycles. The number of nitrogens with one attached hydrogen (secondary N) is 1. The lowest BCUT2D eigenvalue weighted by atomic mass is 10.1. The summed E-state index contributed by atoms with van der Waals surface area (Å²) in [6.45, 7) is 2.03. The summed E-state index contributed by atoms with van der Waals surface area (Å²) >= 11 is 0. The standard InChI is InChI=1S/C19H25NO2/c1-21-18-11-10-17(19(15-18)22-2)9-6-13-20-14-12-16-7-4-3-5-8-16/h3-5,7-8,10-11,15,20H,6,9,12-14H2,1-2H3. The van der Waals surface area contributed by atoms with Crippen molar-refractivity contribution in [3.8, 4) is 11.5 Å². The predicted molar refractivity (Wildman–Crippen MR) is 90.9 cm³/mol. The van der Waals surface area contributed by atoms with Gasteiger partial charge in [-0.3, -0.25) is 0 Å². The largest absolute Gasteiger partial charge is 0.497 e. The van der Waals surface area contributed by atoms with Gasteiger partial charge in [-0.05, 0) is 49.5 Å². The highest BCUT2D eigenvalue weighted by atomic mass is 16.5. The summed E-state index contributed by atoms with van der Waals surface area (Å²) in [5.74, 6) is 1.74. The highest BCUT2D eigenvalue weighted by Crippen LogP contribution is 2.25. The Balaban J connectivity index is 1.68. The summed E-state index contributed by atoms with van der Waals surface area (Å²) < 4.78 is 10.6. The Kier molecular flexibility index (Phi) is 6.78. The Hall–Kier alpha value is -2.00. The first-order valence-electron chi connectivity index (χ1n) is 7.79. The molecule has 0 bridgehead atoms. The molecule has 3 nitrogen and oxygen atoms in total. The molecule has 0 spiro atoms. The first-order chi connectivity index (χ1) is 10.8. The summed E-state index contributed by atoms with van der Waals surface area (Å²) in [6.07, 6.45) is 3.18. The zero-order valence-electron chi connectivity index (χ0n) is 13.5. The molecule has 0 aliphatic carbocycles. The van der Waals surface area contributed by atoms with Crippen LogP contribution >= 0.6 is 0 Å². The van der Waals surface area contributed by atoms with Crippen molar-refractivity contribution in [3.05, 3.63) is 59.7 Å². The van der Waals surface area contributed by atoms with Gasteiger partial charge in [0, 0.05) is 6.07 Å². The molecule has 1 N–H and O–H groups in total.